The quantitative estimate of drug-likeness (QED) is 0.703. The molecule has 2 N–H and O–H groups in total. The van der Waals surface area contributed by atoms with E-state index in [-0.39, 0.29) is 12.4 Å². The maximum absolute atomic E-state index is 11.8. The van der Waals surface area contributed by atoms with Crippen LogP contribution in [0.1, 0.15) is 0 Å². The van der Waals surface area contributed by atoms with E-state index < -0.39 is 18.8 Å². The minimum atomic E-state index is -4.21. The number of hydrogen-bond donors (Lipinski definition) is 1. The van der Waals surface area contributed by atoms with Gasteiger partial charge in [-0.25, -0.2) is 0 Å². The van der Waals surface area contributed by atoms with Crippen LogP contribution in [0.4, 0.5) is 13.2 Å². The monoisotopic (exact) mass is 192 g/mol. The minimum Gasteiger partial charge on any atom is -0.329 e. The number of halogens is 4. The first-order valence-corrected chi connectivity index (χ1v) is 2.82. The Labute approximate surface area is 69.9 Å². The molecular formula is C5H12ClF3N2. The van der Waals surface area contributed by atoms with Gasteiger partial charge in [-0.2, -0.15) is 13.2 Å². The Balaban J connectivity index is 0. The molecule has 0 spiro atoms. The summed E-state index contributed by atoms with van der Waals surface area (Å²) in [5.74, 6) is 0. The van der Waals surface area contributed by atoms with Crippen LogP contribution < -0.4 is 5.73 Å². The summed E-state index contributed by atoms with van der Waals surface area (Å²) in [4.78, 5) is 1.06. The highest BCUT2D eigenvalue weighted by atomic mass is 35.5. The number of alkyl halides is 3. The summed E-state index contributed by atoms with van der Waals surface area (Å²) < 4.78 is 35.5. The molecule has 0 aliphatic heterocycles. The van der Waals surface area contributed by atoms with Crippen LogP contribution in [0.3, 0.4) is 0 Å². The molecule has 2 nitrogen and oxygen atoms in total. The highest BCUT2D eigenvalue weighted by molar-refractivity contribution is 5.85. The average molecular weight is 193 g/mol. The summed E-state index contributed by atoms with van der Waals surface area (Å²) >= 11 is 0. The van der Waals surface area contributed by atoms with Gasteiger partial charge in [0, 0.05) is 6.54 Å². The van der Waals surface area contributed by atoms with Crippen LogP contribution in [-0.4, -0.2) is 37.8 Å². The van der Waals surface area contributed by atoms with E-state index in [2.05, 4.69) is 0 Å². The van der Waals surface area contributed by atoms with Crippen LogP contribution >= 0.6 is 12.4 Å². The molecule has 6 heteroatoms. The molecule has 1 unspecified atom stereocenters. The molecule has 11 heavy (non-hydrogen) atoms. The summed E-state index contributed by atoms with van der Waals surface area (Å²) in [6, 6.07) is -1.52. The second kappa shape index (κ2) is 4.79. The van der Waals surface area contributed by atoms with E-state index in [0.717, 1.165) is 4.90 Å². The highest BCUT2D eigenvalue weighted by Crippen LogP contribution is 2.21. The third-order valence-electron chi connectivity index (χ3n) is 1.22. The van der Waals surface area contributed by atoms with E-state index in [1.807, 2.05) is 0 Å². The zero-order valence-corrected chi connectivity index (χ0v) is 7.17. The molecule has 0 aromatic rings. The lowest BCUT2D eigenvalue weighted by molar-refractivity contribution is -0.174. The van der Waals surface area contributed by atoms with Crippen molar-refractivity contribution < 1.29 is 13.2 Å². The van der Waals surface area contributed by atoms with Gasteiger partial charge in [-0.1, -0.05) is 0 Å². The Morgan fingerprint density at radius 1 is 1.36 bits per heavy atom. The molecule has 0 aromatic heterocycles. The van der Waals surface area contributed by atoms with Gasteiger partial charge in [0.25, 0.3) is 0 Å². The van der Waals surface area contributed by atoms with Gasteiger partial charge in [-0.05, 0) is 14.1 Å². The SMILES string of the molecule is CN(C)C(CN)C(F)(F)F.Cl. The Morgan fingerprint density at radius 3 is 1.73 bits per heavy atom. The van der Waals surface area contributed by atoms with E-state index in [0.29, 0.717) is 0 Å². The molecule has 70 valence electrons. The molecule has 0 rings (SSSR count). The lowest BCUT2D eigenvalue weighted by Gasteiger charge is -2.24. The maximum atomic E-state index is 11.8. The Bertz CT molecular complexity index is 104. The van der Waals surface area contributed by atoms with Gasteiger partial charge in [0.15, 0.2) is 0 Å². The third-order valence-corrected chi connectivity index (χ3v) is 1.22. The molecule has 0 radical (unpaired) electrons. The van der Waals surface area contributed by atoms with Crippen LogP contribution in [0.2, 0.25) is 0 Å². The number of rotatable bonds is 2. The van der Waals surface area contributed by atoms with Crippen LogP contribution in [0, 0.1) is 0 Å². The lowest BCUT2D eigenvalue weighted by atomic mass is 10.3. The second-order valence-electron chi connectivity index (χ2n) is 2.26. The largest absolute Gasteiger partial charge is 0.405 e. The molecule has 0 bridgehead atoms. The fourth-order valence-electron chi connectivity index (χ4n) is 0.637. The van der Waals surface area contributed by atoms with Crippen molar-refractivity contribution in [1.82, 2.24) is 4.90 Å². The summed E-state index contributed by atoms with van der Waals surface area (Å²) in [7, 11) is 2.70. The summed E-state index contributed by atoms with van der Waals surface area (Å²) in [5, 5.41) is 0. The summed E-state index contributed by atoms with van der Waals surface area (Å²) in [6.07, 6.45) is -4.21. The first-order valence-electron chi connectivity index (χ1n) is 2.82. The third kappa shape index (κ3) is 4.44. The van der Waals surface area contributed by atoms with Crippen molar-refractivity contribution in [2.75, 3.05) is 20.6 Å². The fourth-order valence-corrected chi connectivity index (χ4v) is 0.637. The molecule has 0 saturated heterocycles. The molecule has 0 amide bonds. The van der Waals surface area contributed by atoms with Gasteiger partial charge in [0.1, 0.15) is 6.04 Å². The van der Waals surface area contributed by atoms with E-state index in [9.17, 15) is 13.2 Å². The highest BCUT2D eigenvalue weighted by Gasteiger charge is 2.39. The van der Waals surface area contributed by atoms with E-state index in [1.165, 1.54) is 14.1 Å². The Morgan fingerprint density at radius 2 is 1.73 bits per heavy atom. The van der Waals surface area contributed by atoms with Gasteiger partial charge < -0.3 is 5.73 Å². The zero-order chi connectivity index (χ0) is 8.36. The van der Waals surface area contributed by atoms with Crippen LogP contribution in [0.5, 0.6) is 0 Å². The lowest BCUT2D eigenvalue weighted by Crippen LogP contribution is -2.46. The molecule has 0 saturated carbocycles. The van der Waals surface area contributed by atoms with E-state index in [4.69, 9.17) is 5.73 Å². The average Bonchev–Trinajstić information content (AvgIpc) is 1.60. The number of nitrogens with two attached hydrogens (primary N) is 1. The van der Waals surface area contributed by atoms with Crippen LogP contribution in [0.15, 0.2) is 0 Å². The molecule has 1 atom stereocenters. The smallest absolute Gasteiger partial charge is 0.329 e. The number of hydrogen-bond acceptors (Lipinski definition) is 2. The molecule has 0 fully saturated rings. The first kappa shape index (κ1) is 13.6. The number of likely N-dealkylation sites (N-methyl/N-ethyl adjacent to an activating group) is 1. The van der Waals surface area contributed by atoms with Crippen molar-refractivity contribution in [3.05, 3.63) is 0 Å². The predicted molar refractivity (Wildman–Crippen MR) is 39.8 cm³/mol. The Hall–Kier alpha value is -0.0000000000000000555. The van der Waals surface area contributed by atoms with Crippen molar-refractivity contribution in [3.63, 3.8) is 0 Å². The van der Waals surface area contributed by atoms with Crippen LogP contribution in [0.25, 0.3) is 0 Å². The van der Waals surface area contributed by atoms with E-state index >= 15 is 0 Å². The van der Waals surface area contributed by atoms with Crippen molar-refractivity contribution in [1.29, 1.82) is 0 Å². The van der Waals surface area contributed by atoms with Gasteiger partial charge in [0.2, 0.25) is 0 Å². The van der Waals surface area contributed by atoms with Gasteiger partial charge in [-0.3, -0.25) is 4.90 Å². The zero-order valence-electron chi connectivity index (χ0n) is 6.35. The Kier molecular flexibility index (Phi) is 5.92. The summed E-state index contributed by atoms with van der Waals surface area (Å²) in [6.45, 7) is -0.392. The van der Waals surface area contributed by atoms with Crippen molar-refractivity contribution in [2.45, 2.75) is 12.2 Å². The van der Waals surface area contributed by atoms with Crippen molar-refractivity contribution in [3.8, 4) is 0 Å². The van der Waals surface area contributed by atoms with Gasteiger partial charge in [0.05, 0.1) is 0 Å². The minimum absolute atomic E-state index is 0. The van der Waals surface area contributed by atoms with Crippen LogP contribution in [-0.2, 0) is 0 Å². The fraction of sp³-hybridized carbons (Fsp3) is 1.00. The second-order valence-corrected chi connectivity index (χ2v) is 2.26. The molecule has 0 aliphatic rings. The predicted octanol–water partition coefficient (Wildman–Crippen LogP) is 0.859. The summed E-state index contributed by atoms with van der Waals surface area (Å²) in [5.41, 5.74) is 4.90. The number of nitrogens with zero attached hydrogens (tertiary/aromatic N) is 1. The molecule has 0 heterocycles. The van der Waals surface area contributed by atoms with Gasteiger partial charge in [-0.15, -0.1) is 12.4 Å². The van der Waals surface area contributed by atoms with Crippen molar-refractivity contribution in [2.24, 2.45) is 5.73 Å². The molecule has 0 aromatic carbocycles. The normalized spacial score (nSPS) is 14.5. The standard InChI is InChI=1S/C5H11F3N2.ClH/c1-10(2)4(3-9)5(6,7)8;/h4H,3,9H2,1-2H3;1H. The van der Waals surface area contributed by atoms with E-state index in [1.54, 1.807) is 0 Å². The van der Waals surface area contributed by atoms with Gasteiger partial charge >= 0.3 is 6.18 Å². The first-order chi connectivity index (χ1) is 4.39. The molecular weight excluding hydrogens is 181 g/mol. The topological polar surface area (TPSA) is 29.3 Å². The van der Waals surface area contributed by atoms with Crippen molar-refractivity contribution >= 4 is 12.4 Å². The molecule has 0 aliphatic carbocycles. The maximum Gasteiger partial charge on any atom is 0.405 e.